The Morgan fingerprint density at radius 1 is 1.22 bits per heavy atom. The molecule has 1 N–H and O–H groups in total. The molecule has 1 fully saturated rings. The topological polar surface area (TPSA) is 51.1 Å². The smallest absolute Gasteiger partial charge is 0.264 e. The van der Waals surface area contributed by atoms with E-state index in [1.807, 2.05) is 6.92 Å². The van der Waals surface area contributed by atoms with Gasteiger partial charge in [0.2, 0.25) is 0 Å². The van der Waals surface area contributed by atoms with Crippen molar-refractivity contribution in [3.63, 3.8) is 0 Å². The number of rotatable bonds is 3. The Morgan fingerprint density at radius 3 is 2.52 bits per heavy atom. The van der Waals surface area contributed by atoms with Crippen LogP contribution in [0.2, 0.25) is 0 Å². The summed E-state index contributed by atoms with van der Waals surface area (Å²) < 4.78 is 28.2. The molecular formula is C17H16F2N2O2. The van der Waals surface area contributed by atoms with Crippen LogP contribution in [0.5, 0.6) is 0 Å². The summed E-state index contributed by atoms with van der Waals surface area (Å²) in [5, 5.41) is 2.35. The zero-order valence-corrected chi connectivity index (χ0v) is 12.8. The number of aromatic nitrogens is 1. The van der Waals surface area contributed by atoms with Crippen LogP contribution in [0.3, 0.4) is 0 Å². The van der Waals surface area contributed by atoms with Crippen molar-refractivity contribution in [2.24, 2.45) is 0 Å². The first-order valence-electron chi connectivity index (χ1n) is 7.37. The molecule has 1 heterocycles. The fourth-order valence-electron chi connectivity index (χ4n) is 2.74. The van der Waals surface area contributed by atoms with Gasteiger partial charge in [-0.2, -0.15) is 0 Å². The Morgan fingerprint density at radius 2 is 1.91 bits per heavy atom. The van der Waals surface area contributed by atoms with Gasteiger partial charge < -0.3 is 9.88 Å². The lowest BCUT2D eigenvalue weighted by Gasteiger charge is -2.14. The van der Waals surface area contributed by atoms with E-state index >= 15 is 0 Å². The molecule has 6 heteroatoms. The number of hydrogen-bond donors (Lipinski definition) is 1. The summed E-state index contributed by atoms with van der Waals surface area (Å²) in [7, 11) is 0. The molecule has 4 nitrogen and oxygen atoms in total. The lowest BCUT2D eigenvalue weighted by atomic mass is 10.1. The van der Waals surface area contributed by atoms with Gasteiger partial charge in [0.25, 0.3) is 11.5 Å². The van der Waals surface area contributed by atoms with Gasteiger partial charge >= 0.3 is 0 Å². The lowest BCUT2D eigenvalue weighted by Crippen LogP contribution is -2.31. The standard InChI is InChI=1S/C17H16F2N2O2/c1-9-7-10(2)21(12-4-5-12)17(23)15(9)16(22)20-14-6-3-11(18)8-13(14)19/h3,6-8,12H,4-5H2,1-2H3,(H,20,22). The molecule has 0 atom stereocenters. The van der Waals surface area contributed by atoms with Gasteiger partial charge in [-0.05, 0) is 50.5 Å². The van der Waals surface area contributed by atoms with Crippen molar-refractivity contribution in [1.29, 1.82) is 0 Å². The lowest BCUT2D eigenvalue weighted by molar-refractivity contribution is 0.102. The van der Waals surface area contributed by atoms with Gasteiger partial charge in [-0.15, -0.1) is 0 Å². The molecule has 120 valence electrons. The molecule has 0 spiro atoms. The first-order valence-corrected chi connectivity index (χ1v) is 7.37. The molecule has 1 saturated carbocycles. The molecule has 1 aromatic heterocycles. The third-order valence-corrected chi connectivity index (χ3v) is 3.95. The van der Waals surface area contributed by atoms with Crippen LogP contribution in [0, 0.1) is 25.5 Å². The van der Waals surface area contributed by atoms with E-state index in [0.717, 1.165) is 30.7 Å². The van der Waals surface area contributed by atoms with Crippen molar-refractivity contribution < 1.29 is 13.6 Å². The number of nitrogens with one attached hydrogen (secondary N) is 1. The maximum absolute atomic E-state index is 13.7. The Balaban J connectivity index is 1.99. The first-order chi connectivity index (χ1) is 10.9. The third kappa shape index (κ3) is 2.88. The summed E-state index contributed by atoms with van der Waals surface area (Å²) in [6, 6.07) is 4.77. The molecule has 1 aromatic carbocycles. The largest absolute Gasteiger partial charge is 0.319 e. The van der Waals surface area contributed by atoms with Crippen LogP contribution in [0.15, 0.2) is 29.1 Å². The number of hydrogen-bond acceptors (Lipinski definition) is 2. The number of carbonyl (C=O) groups is 1. The fourth-order valence-corrected chi connectivity index (χ4v) is 2.74. The average molecular weight is 318 g/mol. The number of carbonyl (C=O) groups excluding carboxylic acids is 1. The Kier molecular flexibility index (Phi) is 3.75. The molecule has 0 aliphatic heterocycles. The molecule has 1 aliphatic rings. The minimum absolute atomic E-state index is 0.00812. The highest BCUT2D eigenvalue weighted by Gasteiger charge is 2.28. The van der Waals surface area contributed by atoms with E-state index in [1.165, 1.54) is 0 Å². The van der Waals surface area contributed by atoms with Crippen LogP contribution < -0.4 is 10.9 Å². The van der Waals surface area contributed by atoms with Gasteiger partial charge in [0.05, 0.1) is 5.69 Å². The van der Waals surface area contributed by atoms with Crippen molar-refractivity contribution in [2.75, 3.05) is 5.32 Å². The molecule has 0 bridgehead atoms. The molecule has 1 amide bonds. The highest BCUT2D eigenvalue weighted by atomic mass is 19.1. The van der Waals surface area contributed by atoms with Crippen LogP contribution >= 0.6 is 0 Å². The second kappa shape index (κ2) is 5.61. The second-order valence-electron chi connectivity index (χ2n) is 5.83. The van der Waals surface area contributed by atoms with Gasteiger partial charge in [-0.25, -0.2) is 8.78 Å². The number of halogens is 2. The van der Waals surface area contributed by atoms with E-state index in [0.29, 0.717) is 11.6 Å². The van der Waals surface area contributed by atoms with Crippen LogP contribution in [0.25, 0.3) is 0 Å². The normalized spacial score (nSPS) is 13.9. The number of pyridine rings is 1. The summed E-state index contributed by atoms with van der Waals surface area (Å²) in [6.07, 6.45) is 1.83. The molecule has 1 aliphatic carbocycles. The van der Waals surface area contributed by atoms with Crippen molar-refractivity contribution in [3.8, 4) is 0 Å². The zero-order chi connectivity index (χ0) is 16.7. The number of anilines is 1. The predicted octanol–water partition coefficient (Wildman–Crippen LogP) is 3.33. The highest BCUT2D eigenvalue weighted by molar-refractivity contribution is 6.05. The molecule has 3 rings (SSSR count). The van der Waals surface area contributed by atoms with Crippen molar-refractivity contribution in [3.05, 3.63) is 63.1 Å². The maximum Gasteiger partial charge on any atom is 0.264 e. The van der Waals surface area contributed by atoms with Crippen molar-refractivity contribution >= 4 is 11.6 Å². The van der Waals surface area contributed by atoms with E-state index in [2.05, 4.69) is 5.32 Å². The Bertz CT molecular complexity index is 854. The third-order valence-electron chi connectivity index (χ3n) is 3.95. The Hall–Kier alpha value is -2.50. The average Bonchev–Trinajstić information content (AvgIpc) is 3.26. The van der Waals surface area contributed by atoms with Crippen LogP contribution in [0.1, 0.15) is 40.5 Å². The summed E-state index contributed by atoms with van der Waals surface area (Å²) in [6.45, 7) is 3.50. The molecular weight excluding hydrogens is 302 g/mol. The van der Waals surface area contributed by atoms with E-state index < -0.39 is 17.5 Å². The summed E-state index contributed by atoms with van der Waals surface area (Å²) in [5.74, 6) is -2.30. The summed E-state index contributed by atoms with van der Waals surface area (Å²) in [5.41, 5.74) is 0.800. The van der Waals surface area contributed by atoms with Crippen LogP contribution in [-0.2, 0) is 0 Å². The van der Waals surface area contributed by atoms with E-state index in [-0.39, 0.29) is 22.9 Å². The molecule has 0 saturated heterocycles. The minimum atomic E-state index is -0.884. The van der Waals surface area contributed by atoms with E-state index in [1.54, 1.807) is 17.6 Å². The predicted molar refractivity (Wildman–Crippen MR) is 82.8 cm³/mol. The highest BCUT2D eigenvalue weighted by Crippen LogP contribution is 2.34. The molecule has 0 unspecified atom stereocenters. The molecule has 0 radical (unpaired) electrons. The van der Waals surface area contributed by atoms with Gasteiger partial charge in [0.15, 0.2) is 0 Å². The van der Waals surface area contributed by atoms with Crippen molar-refractivity contribution in [1.82, 2.24) is 4.57 Å². The van der Waals surface area contributed by atoms with Gasteiger partial charge in [-0.1, -0.05) is 0 Å². The van der Waals surface area contributed by atoms with Crippen LogP contribution in [0.4, 0.5) is 14.5 Å². The van der Waals surface area contributed by atoms with Crippen molar-refractivity contribution in [2.45, 2.75) is 32.7 Å². The number of nitrogens with zero attached hydrogens (tertiary/aromatic N) is 1. The minimum Gasteiger partial charge on any atom is -0.319 e. The molecule has 23 heavy (non-hydrogen) atoms. The Labute approximate surface area is 131 Å². The van der Waals surface area contributed by atoms with Gasteiger partial charge in [-0.3, -0.25) is 9.59 Å². The number of benzene rings is 1. The number of amides is 1. The fraction of sp³-hybridized carbons (Fsp3) is 0.294. The van der Waals surface area contributed by atoms with Crippen LogP contribution in [-0.4, -0.2) is 10.5 Å². The van der Waals surface area contributed by atoms with Gasteiger partial charge in [0.1, 0.15) is 17.2 Å². The molecule has 2 aromatic rings. The quantitative estimate of drug-likeness (QED) is 0.944. The van der Waals surface area contributed by atoms with E-state index in [9.17, 15) is 18.4 Å². The second-order valence-corrected chi connectivity index (χ2v) is 5.83. The van der Waals surface area contributed by atoms with Gasteiger partial charge in [0, 0.05) is 17.8 Å². The SMILES string of the molecule is Cc1cc(C)n(C2CC2)c(=O)c1C(=O)Nc1ccc(F)cc1F. The number of aryl methyl sites for hydroxylation is 2. The summed E-state index contributed by atoms with van der Waals surface area (Å²) in [4.78, 5) is 25.0. The first kappa shape index (κ1) is 15.4. The van der Waals surface area contributed by atoms with E-state index in [4.69, 9.17) is 0 Å². The maximum atomic E-state index is 13.7. The summed E-state index contributed by atoms with van der Waals surface area (Å²) >= 11 is 0. The monoisotopic (exact) mass is 318 g/mol. The zero-order valence-electron chi connectivity index (χ0n) is 12.8.